The van der Waals surface area contributed by atoms with Crippen LogP contribution in [0.25, 0.3) is 0 Å². The molecule has 2 rings (SSSR count). The van der Waals surface area contributed by atoms with E-state index in [0.717, 1.165) is 5.69 Å². The third-order valence-electron chi connectivity index (χ3n) is 4.14. The summed E-state index contributed by atoms with van der Waals surface area (Å²) in [6.07, 6.45) is 0. The Balaban J connectivity index is 2.16. The first kappa shape index (κ1) is 20.6. The van der Waals surface area contributed by atoms with Gasteiger partial charge < -0.3 is 19.7 Å². The third-order valence-corrected chi connectivity index (χ3v) is 4.14. The number of rotatable bonds is 9. The van der Waals surface area contributed by atoms with Crippen LogP contribution in [0.15, 0.2) is 42.5 Å². The molecular formula is C22H30N2O3. The van der Waals surface area contributed by atoms with Gasteiger partial charge in [0, 0.05) is 17.8 Å². The van der Waals surface area contributed by atoms with Gasteiger partial charge in [-0.25, -0.2) is 0 Å². The van der Waals surface area contributed by atoms with Crippen molar-refractivity contribution in [1.29, 1.82) is 0 Å². The van der Waals surface area contributed by atoms with Crippen molar-refractivity contribution >= 4 is 17.3 Å². The summed E-state index contributed by atoms with van der Waals surface area (Å²) >= 11 is 0. The first-order valence-corrected chi connectivity index (χ1v) is 9.47. The van der Waals surface area contributed by atoms with Crippen molar-refractivity contribution in [2.45, 2.75) is 40.7 Å². The van der Waals surface area contributed by atoms with E-state index in [2.05, 4.69) is 43.1 Å². The van der Waals surface area contributed by atoms with Crippen LogP contribution in [0.2, 0.25) is 0 Å². The quantitative estimate of drug-likeness (QED) is 0.698. The standard InChI is InChI=1S/C22H30N2O3/c1-6-26-19-12-13-21(27-7-2)20(14-19)23-22(25)15-24(16(3)4)18-10-8-17(5)9-11-18/h8-14,16H,6-7,15H2,1-5H3,(H,23,25). The molecule has 0 heterocycles. The smallest absolute Gasteiger partial charge is 0.244 e. The highest BCUT2D eigenvalue weighted by Crippen LogP contribution is 2.29. The average Bonchev–Trinajstić information content (AvgIpc) is 2.63. The van der Waals surface area contributed by atoms with Crippen molar-refractivity contribution in [3.63, 3.8) is 0 Å². The molecule has 0 spiro atoms. The number of ether oxygens (including phenoxy) is 2. The SMILES string of the molecule is CCOc1ccc(OCC)c(NC(=O)CN(c2ccc(C)cc2)C(C)C)c1. The summed E-state index contributed by atoms with van der Waals surface area (Å²) < 4.78 is 11.2. The van der Waals surface area contributed by atoms with E-state index in [0.29, 0.717) is 30.4 Å². The maximum atomic E-state index is 12.7. The molecule has 0 bridgehead atoms. The van der Waals surface area contributed by atoms with E-state index in [1.54, 1.807) is 6.07 Å². The number of benzene rings is 2. The van der Waals surface area contributed by atoms with Crippen molar-refractivity contribution in [3.05, 3.63) is 48.0 Å². The molecule has 0 radical (unpaired) electrons. The van der Waals surface area contributed by atoms with E-state index >= 15 is 0 Å². The van der Waals surface area contributed by atoms with Crippen LogP contribution in [0.1, 0.15) is 33.3 Å². The number of nitrogens with zero attached hydrogens (tertiary/aromatic N) is 1. The van der Waals surface area contributed by atoms with Crippen LogP contribution in [0.3, 0.4) is 0 Å². The molecule has 146 valence electrons. The highest BCUT2D eigenvalue weighted by atomic mass is 16.5. The number of anilines is 2. The molecule has 0 fully saturated rings. The molecule has 0 unspecified atom stereocenters. The Morgan fingerprint density at radius 2 is 1.70 bits per heavy atom. The van der Waals surface area contributed by atoms with Crippen molar-refractivity contribution in [2.24, 2.45) is 0 Å². The van der Waals surface area contributed by atoms with Crippen LogP contribution in [0.5, 0.6) is 11.5 Å². The first-order valence-electron chi connectivity index (χ1n) is 9.47. The van der Waals surface area contributed by atoms with Crippen LogP contribution in [0, 0.1) is 6.92 Å². The largest absolute Gasteiger partial charge is 0.494 e. The van der Waals surface area contributed by atoms with Gasteiger partial charge in [-0.2, -0.15) is 0 Å². The number of nitrogens with one attached hydrogen (secondary N) is 1. The minimum atomic E-state index is -0.0983. The zero-order valence-corrected chi connectivity index (χ0v) is 16.9. The van der Waals surface area contributed by atoms with Gasteiger partial charge >= 0.3 is 0 Å². The third kappa shape index (κ3) is 5.91. The van der Waals surface area contributed by atoms with Gasteiger partial charge in [0.2, 0.25) is 5.91 Å². The van der Waals surface area contributed by atoms with E-state index in [1.165, 1.54) is 5.56 Å². The summed E-state index contributed by atoms with van der Waals surface area (Å²) in [7, 11) is 0. The van der Waals surface area contributed by atoms with E-state index in [9.17, 15) is 4.79 Å². The van der Waals surface area contributed by atoms with Crippen molar-refractivity contribution in [2.75, 3.05) is 30.0 Å². The van der Waals surface area contributed by atoms with Crippen molar-refractivity contribution in [3.8, 4) is 11.5 Å². The van der Waals surface area contributed by atoms with Gasteiger partial charge in [0.15, 0.2) is 0 Å². The second-order valence-corrected chi connectivity index (χ2v) is 6.63. The van der Waals surface area contributed by atoms with Gasteiger partial charge in [0.05, 0.1) is 25.4 Å². The minimum absolute atomic E-state index is 0.0983. The number of carbonyl (C=O) groups is 1. The lowest BCUT2D eigenvalue weighted by Crippen LogP contribution is -2.38. The van der Waals surface area contributed by atoms with Gasteiger partial charge in [0.1, 0.15) is 11.5 Å². The maximum Gasteiger partial charge on any atom is 0.244 e. The molecule has 2 aromatic carbocycles. The Labute approximate surface area is 162 Å². The number of amides is 1. The molecule has 2 aromatic rings. The van der Waals surface area contributed by atoms with Crippen molar-refractivity contribution < 1.29 is 14.3 Å². The fourth-order valence-electron chi connectivity index (χ4n) is 2.80. The molecule has 5 nitrogen and oxygen atoms in total. The summed E-state index contributed by atoms with van der Waals surface area (Å²) in [4.78, 5) is 14.8. The molecule has 5 heteroatoms. The van der Waals surface area contributed by atoms with E-state index in [1.807, 2.05) is 38.1 Å². The molecule has 0 saturated heterocycles. The van der Waals surface area contributed by atoms with Crippen LogP contribution in [0.4, 0.5) is 11.4 Å². The lowest BCUT2D eigenvalue weighted by molar-refractivity contribution is -0.115. The summed E-state index contributed by atoms with van der Waals surface area (Å²) in [6, 6.07) is 13.9. The predicted molar refractivity (Wildman–Crippen MR) is 111 cm³/mol. The molecular weight excluding hydrogens is 340 g/mol. The highest BCUT2D eigenvalue weighted by Gasteiger charge is 2.16. The maximum absolute atomic E-state index is 12.7. The van der Waals surface area contributed by atoms with Gasteiger partial charge in [-0.3, -0.25) is 4.79 Å². The zero-order chi connectivity index (χ0) is 19.8. The topological polar surface area (TPSA) is 50.8 Å². The van der Waals surface area contributed by atoms with E-state index < -0.39 is 0 Å². The molecule has 27 heavy (non-hydrogen) atoms. The van der Waals surface area contributed by atoms with Gasteiger partial charge in [-0.1, -0.05) is 17.7 Å². The average molecular weight is 370 g/mol. The Morgan fingerprint density at radius 1 is 1.04 bits per heavy atom. The summed E-state index contributed by atoms with van der Waals surface area (Å²) in [6.45, 7) is 11.4. The molecule has 1 amide bonds. The molecule has 0 aliphatic carbocycles. The lowest BCUT2D eigenvalue weighted by Gasteiger charge is -2.28. The fraction of sp³-hybridized carbons (Fsp3) is 0.409. The Kier molecular flexibility index (Phi) is 7.53. The highest BCUT2D eigenvalue weighted by molar-refractivity contribution is 5.95. The van der Waals surface area contributed by atoms with E-state index in [-0.39, 0.29) is 18.5 Å². The second-order valence-electron chi connectivity index (χ2n) is 6.63. The fourth-order valence-corrected chi connectivity index (χ4v) is 2.80. The molecule has 0 aliphatic rings. The van der Waals surface area contributed by atoms with Crippen LogP contribution in [-0.4, -0.2) is 31.7 Å². The second kappa shape index (κ2) is 9.86. The minimum Gasteiger partial charge on any atom is -0.494 e. The summed E-state index contributed by atoms with van der Waals surface area (Å²) in [5.41, 5.74) is 2.85. The van der Waals surface area contributed by atoms with Gasteiger partial charge in [0.25, 0.3) is 0 Å². The number of aryl methyl sites for hydroxylation is 1. The predicted octanol–water partition coefficient (Wildman–Crippen LogP) is 4.65. The molecule has 0 atom stereocenters. The summed E-state index contributed by atoms with van der Waals surface area (Å²) in [5, 5.41) is 2.98. The Bertz CT molecular complexity index is 742. The van der Waals surface area contributed by atoms with Gasteiger partial charge in [-0.05, 0) is 58.9 Å². The van der Waals surface area contributed by atoms with Gasteiger partial charge in [-0.15, -0.1) is 0 Å². The normalized spacial score (nSPS) is 10.6. The van der Waals surface area contributed by atoms with Crippen LogP contribution in [-0.2, 0) is 4.79 Å². The Morgan fingerprint density at radius 3 is 2.30 bits per heavy atom. The molecule has 0 aliphatic heterocycles. The summed E-state index contributed by atoms with van der Waals surface area (Å²) in [5.74, 6) is 1.25. The lowest BCUT2D eigenvalue weighted by atomic mass is 10.2. The van der Waals surface area contributed by atoms with Crippen molar-refractivity contribution in [1.82, 2.24) is 0 Å². The molecule has 0 aromatic heterocycles. The number of carbonyl (C=O) groups excluding carboxylic acids is 1. The van der Waals surface area contributed by atoms with Crippen LogP contribution >= 0.6 is 0 Å². The monoisotopic (exact) mass is 370 g/mol. The van der Waals surface area contributed by atoms with Crippen LogP contribution < -0.4 is 19.7 Å². The number of hydrogen-bond acceptors (Lipinski definition) is 4. The first-order chi connectivity index (χ1) is 12.9. The van der Waals surface area contributed by atoms with E-state index in [4.69, 9.17) is 9.47 Å². The Hall–Kier alpha value is -2.69. The molecule has 0 saturated carbocycles. The zero-order valence-electron chi connectivity index (χ0n) is 16.9. The number of hydrogen-bond donors (Lipinski definition) is 1. The molecule has 1 N–H and O–H groups in total.